The third-order valence-corrected chi connectivity index (χ3v) is 3.21. The quantitative estimate of drug-likeness (QED) is 0.659. The molecule has 108 valence electrons. The molecule has 0 aliphatic carbocycles. The molecule has 7 heteroatoms. The molecule has 7 nitrogen and oxygen atoms in total. The van der Waals surface area contributed by atoms with Gasteiger partial charge in [0.25, 0.3) is 0 Å². The predicted octanol–water partition coefficient (Wildman–Crippen LogP) is 0.916. The Morgan fingerprint density at radius 2 is 2.15 bits per heavy atom. The lowest BCUT2D eigenvalue weighted by molar-refractivity contribution is 0.0694. The van der Waals surface area contributed by atoms with E-state index in [4.69, 9.17) is 5.11 Å². The van der Waals surface area contributed by atoms with Crippen molar-refractivity contribution >= 4 is 17.7 Å². The summed E-state index contributed by atoms with van der Waals surface area (Å²) in [6.45, 7) is 1.75. The second-order valence-corrected chi connectivity index (χ2v) is 4.88. The van der Waals surface area contributed by atoms with Gasteiger partial charge in [0.05, 0.1) is 0 Å². The smallest absolute Gasteiger partial charge is 0.339 e. The average molecular weight is 279 g/mol. The molecule has 1 aliphatic heterocycles. The molecule has 2 rings (SSSR count). The number of phenols is 1. The van der Waals surface area contributed by atoms with Crippen LogP contribution in [0.3, 0.4) is 0 Å². The minimum atomic E-state index is -1.22. The van der Waals surface area contributed by atoms with Crippen LogP contribution in [-0.2, 0) is 0 Å². The molecule has 1 unspecified atom stereocenters. The lowest BCUT2D eigenvalue weighted by atomic mass is 10.2. The summed E-state index contributed by atoms with van der Waals surface area (Å²) >= 11 is 0. The molecule has 0 aromatic heterocycles. The fourth-order valence-corrected chi connectivity index (χ4v) is 2.20. The number of benzene rings is 1. The number of carbonyl (C=O) groups is 2. The molecular formula is C13H17N3O4. The van der Waals surface area contributed by atoms with E-state index in [1.54, 1.807) is 0 Å². The molecule has 2 amide bonds. The summed E-state index contributed by atoms with van der Waals surface area (Å²) in [7, 11) is 1.99. The van der Waals surface area contributed by atoms with Gasteiger partial charge in [-0.3, -0.25) is 0 Å². The van der Waals surface area contributed by atoms with Crippen molar-refractivity contribution in [2.75, 3.05) is 25.5 Å². The SMILES string of the molecule is CN1CCC(NC(=O)Nc2ccc(C(=O)O)c(O)c2)C1. The van der Waals surface area contributed by atoms with Crippen molar-refractivity contribution in [3.05, 3.63) is 23.8 Å². The van der Waals surface area contributed by atoms with Crippen LogP contribution >= 0.6 is 0 Å². The molecule has 1 atom stereocenters. The van der Waals surface area contributed by atoms with Gasteiger partial charge in [-0.15, -0.1) is 0 Å². The molecule has 1 saturated heterocycles. The van der Waals surface area contributed by atoms with E-state index in [9.17, 15) is 14.7 Å². The average Bonchev–Trinajstić information content (AvgIpc) is 2.74. The number of urea groups is 1. The van der Waals surface area contributed by atoms with Crippen LogP contribution in [0.4, 0.5) is 10.5 Å². The number of carboxylic acid groups (broad SMARTS) is 1. The third-order valence-electron chi connectivity index (χ3n) is 3.21. The zero-order chi connectivity index (χ0) is 14.7. The second-order valence-electron chi connectivity index (χ2n) is 4.88. The van der Waals surface area contributed by atoms with Crippen molar-refractivity contribution in [1.82, 2.24) is 10.2 Å². The van der Waals surface area contributed by atoms with E-state index in [2.05, 4.69) is 15.5 Å². The Balaban J connectivity index is 1.94. The van der Waals surface area contributed by atoms with Gasteiger partial charge in [0.15, 0.2) is 0 Å². The van der Waals surface area contributed by atoms with Gasteiger partial charge in [-0.05, 0) is 32.1 Å². The maximum atomic E-state index is 11.8. The number of nitrogens with one attached hydrogen (secondary N) is 2. The number of likely N-dealkylation sites (N-methyl/N-ethyl adjacent to an activating group) is 1. The number of anilines is 1. The molecule has 1 aromatic rings. The van der Waals surface area contributed by atoms with Gasteiger partial charge in [0.2, 0.25) is 0 Å². The summed E-state index contributed by atoms with van der Waals surface area (Å²) < 4.78 is 0. The Kier molecular flexibility index (Phi) is 4.09. The normalized spacial score (nSPS) is 18.8. The highest BCUT2D eigenvalue weighted by molar-refractivity contribution is 5.94. The Hall–Kier alpha value is -2.28. The Morgan fingerprint density at radius 1 is 1.40 bits per heavy atom. The first kappa shape index (κ1) is 14.1. The van der Waals surface area contributed by atoms with Crippen LogP contribution in [0.1, 0.15) is 16.8 Å². The molecule has 20 heavy (non-hydrogen) atoms. The summed E-state index contributed by atoms with van der Waals surface area (Å²) in [5.74, 6) is -1.59. The highest BCUT2D eigenvalue weighted by Crippen LogP contribution is 2.21. The molecular weight excluding hydrogens is 262 g/mol. The van der Waals surface area contributed by atoms with Crippen LogP contribution in [0.25, 0.3) is 0 Å². The number of rotatable bonds is 3. The molecule has 1 fully saturated rings. The van der Waals surface area contributed by atoms with E-state index in [1.165, 1.54) is 18.2 Å². The summed E-state index contributed by atoms with van der Waals surface area (Å²) in [6, 6.07) is 3.63. The van der Waals surface area contributed by atoms with E-state index in [0.29, 0.717) is 5.69 Å². The Bertz CT molecular complexity index is 532. The zero-order valence-corrected chi connectivity index (χ0v) is 11.1. The van der Waals surface area contributed by atoms with Gasteiger partial charge in [0.1, 0.15) is 11.3 Å². The standard InChI is InChI=1S/C13H17N3O4/c1-16-5-4-9(7-16)15-13(20)14-8-2-3-10(12(18)19)11(17)6-8/h2-3,6,9,17H,4-5,7H2,1H3,(H,18,19)(H2,14,15,20). The maximum Gasteiger partial charge on any atom is 0.339 e. The first-order chi connectivity index (χ1) is 9.45. The van der Waals surface area contributed by atoms with Crippen molar-refractivity contribution in [3.8, 4) is 5.75 Å². The molecule has 1 aliphatic rings. The summed E-state index contributed by atoms with van der Waals surface area (Å²) in [4.78, 5) is 24.6. The van der Waals surface area contributed by atoms with E-state index in [-0.39, 0.29) is 23.4 Å². The maximum absolute atomic E-state index is 11.8. The highest BCUT2D eigenvalue weighted by atomic mass is 16.4. The van der Waals surface area contributed by atoms with Crippen molar-refractivity contribution in [2.45, 2.75) is 12.5 Å². The van der Waals surface area contributed by atoms with Crippen LogP contribution in [0.15, 0.2) is 18.2 Å². The van der Waals surface area contributed by atoms with Crippen LogP contribution in [0.2, 0.25) is 0 Å². The molecule has 0 spiro atoms. The van der Waals surface area contributed by atoms with E-state index < -0.39 is 5.97 Å². The number of carboxylic acids is 1. The minimum absolute atomic E-state index is 0.104. The van der Waals surface area contributed by atoms with Crippen molar-refractivity contribution in [2.24, 2.45) is 0 Å². The number of likely N-dealkylation sites (tertiary alicyclic amines) is 1. The lowest BCUT2D eigenvalue weighted by Gasteiger charge is -2.14. The number of carbonyl (C=O) groups excluding carboxylic acids is 1. The number of aromatic carboxylic acids is 1. The fraction of sp³-hybridized carbons (Fsp3) is 0.385. The summed E-state index contributed by atoms with van der Waals surface area (Å²) in [5, 5.41) is 23.7. The first-order valence-electron chi connectivity index (χ1n) is 6.28. The molecule has 0 radical (unpaired) electrons. The van der Waals surface area contributed by atoms with Gasteiger partial charge < -0.3 is 25.7 Å². The van der Waals surface area contributed by atoms with Crippen LogP contribution in [0.5, 0.6) is 5.75 Å². The summed E-state index contributed by atoms with van der Waals surface area (Å²) in [5.41, 5.74) is 0.143. The second kappa shape index (κ2) is 5.79. The number of amides is 2. The number of aromatic hydroxyl groups is 1. The largest absolute Gasteiger partial charge is 0.507 e. The highest BCUT2D eigenvalue weighted by Gasteiger charge is 2.21. The van der Waals surface area contributed by atoms with Gasteiger partial charge in [-0.25, -0.2) is 9.59 Å². The molecule has 4 N–H and O–H groups in total. The van der Waals surface area contributed by atoms with Gasteiger partial charge in [-0.2, -0.15) is 0 Å². The molecule has 0 saturated carbocycles. The third kappa shape index (κ3) is 3.39. The Labute approximate surface area is 116 Å². The predicted molar refractivity (Wildman–Crippen MR) is 73.1 cm³/mol. The van der Waals surface area contributed by atoms with Crippen molar-refractivity contribution < 1.29 is 19.8 Å². The number of hydrogen-bond acceptors (Lipinski definition) is 4. The molecule has 1 aromatic carbocycles. The topological polar surface area (TPSA) is 102 Å². The lowest BCUT2D eigenvalue weighted by Crippen LogP contribution is -2.39. The monoisotopic (exact) mass is 279 g/mol. The fourth-order valence-electron chi connectivity index (χ4n) is 2.20. The number of nitrogens with zero attached hydrogens (tertiary/aromatic N) is 1. The first-order valence-corrected chi connectivity index (χ1v) is 6.28. The zero-order valence-electron chi connectivity index (χ0n) is 11.1. The van der Waals surface area contributed by atoms with Crippen LogP contribution in [0, 0.1) is 0 Å². The van der Waals surface area contributed by atoms with E-state index >= 15 is 0 Å². The van der Waals surface area contributed by atoms with Crippen LogP contribution in [-0.4, -0.2) is 53.3 Å². The van der Waals surface area contributed by atoms with E-state index in [1.807, 2.05) is 7.05 Å². The molecule has 1 heterocycles. The Morgan fingerprint density at radius 3 is 2.70 bits per heavy atom. The summed E-state index contributed by atoms with van der Waals surface area (Å²) in [6.07, 6.45) is 0.896. The minimum Gasteiger partial charge on any atom is -0.507 e. The van der Waals surface area contributed by atoms with Gasteiger partial charge >= 0.3 is 12.0 Å². The van der Waals surface area contributed by atoms with Crippen LogP contribution < -0.4 is 10.6 Å². The van der Waals surface area contributed by atoms with E-state index in [0.717, 1.165) is 19.5 Å². The van der Waals surface area contributed by atoms with Gasteiger partial charge in [0, 0.05) is 24.3 Å². The number of hydrogen-bond donors (Lipinski definition) is 4. The molecule has 0 bridgehead atoms. The van der Waals surface area contributed by atoms with Crippen molar-refractivity contribution in [3.63, 3.8) is 0 Å². The van der Waals surface area contributed by atoms with Gasteiger partial charge in [-0.1, -0.05) is 0 Å². The van der Waals surface area contributed by atoms with Crippen molar-refractivity contribution in [1.29, 1.82) is 0 Å².